The number of nitrogens with two attached hydrogens (primary N) is 2. The van der Waals surface area contributed by atoms with E-state index in [-0.39, 0.29) is 13.1 Å². The summed E-state index contributed by atoms with van der Waals surface area (Å²) in [5, 5.41) is 3.29. The van der Waals surface area contributed by atoms with Gasteiger partial charge in [0.15, 0.2) is 0 Å². The van der Waals surface area contributed by atoms with Crippen LogP contribution in [0.15, 0.2) is 0 Å². The molecular formula is C9H18N4O2. The molecule has 1 rings (SSSR count). The first kappa shape index (κ1) is 11.9. The molecule has 86 valence electrons. The Hall–Kier alpha value is -1.14. The molecule has 0 aromatic heterocycles. The number of carbonyl (C=O) groups excluding carboxylic acids is 2. The lowest BCUT2D eigenvalue weighted by atomic mass is 10.2. The van der Waals surface area contributed by atoms with Crippen molar-refractivity contribution in [3.63, 3.8) is 0 Å². The van der Waals surface area contributed by atoms with Gasteiger partial charge in [-0.2, -0.15) is 0 Å². The number of hydrogen-bond acceptors (Lipinski definition) is 4. The number of amides is 2. The largest absolute Gasteiger partial charge is 0.369 e. The number of nitrogens with one attached hydrogen (secondary N) is 1. The van der Waals surface area contributed by atoms with Crippen molar-refractivity contribution < 1.29 is 9.59 Å². The summed E-state index contributed by atoms with van der Waals surface area (Å²) in [6.45, 7) is 1.81. The Morgan fingerprint density at radius 2 is 1.87 bits per heavy atom. The predicted octanol–water partition coefficient (Wildman–Crippen LogP) is -1.99. The van der Waals surface area contributed by atoms with Gasteiger partial charge in [0.2, 0.25) is 11.8 Å². The molecule has 2 amide bonds. The number of hydrogen-bond donors (Lipinski definition) is 3. The van der Waals surface area contributed by atoms with Gasteiger partial charge in [-0.3, -0.25) is 14.5 Å². The Morgan fingerprint density at radius 3 is 2.27 bits per heavy atom. The average molecular weight is 214 g/mol. The van der Waals surface area contributed by atoms with E-state index in [4.69, 9.17) is 11.5 Å². The molecule has 0 unspecified atom stereocenters. The molecule has 1 aliphatic heterocycles. The van der Waals surface area contributed by atoms with E-state index in [0.29, 0.717) is 12.6 Å². The average Bonchev–Trinajstić information content (AvgIpc) is 2.53. The van der Waals surface area contributed by atoms with Crippen molar-refractivity contribution >= 4 is 11.8 Å². The van der Waals surface area contributed by atoms with E-state index in [0.717, 1.165) is 19.4 Å². The van der Waals surface area contributed by atoms with Crippen molar-refractivity contribution in [3.05, 3.63) is 0 Å². The molecule has 6 nitrogen and oxygen atoms in total. The van der Waals surface area contributed by atoms with Gasteiger partial charge in [-0.15, -0.1) is 0 Å². The van der Waals surface area contributed by atoms with Crippen LogP contribution in [0, 0.1) is 0 Å². The quantitative estimate of drug-likeness (QED) is 0.476. The molecule has 0 aromatic rings. The zero-order valence-corrected chi connectivity index (χ0v) is 8.74. The molecule has 0 bridgehead atoms. The Kier molecular flexibility index (Phi) is 4.51. The summed E-state index contributed by atoms with van der Waals surface area (Å²) in [5.41, 5.74) is 10.2. The third-order valence-electron chi connectivity index (χ3n) is 2.40. The van der Waals surface area contributed by atoms with Crippen molar-refractivity contribution in [3.8, 4) is 0 Å². The minimum absolute atomic E-state index is 0.0844. The highest BCUT2D eigenvalue weighted by atomic mass is 16.2. The van der Waals surface area contributed by atoms with E-state index < -0.39 is 11.8 Å². The maximum absolute atomic E-state index is 10.8. The van der Waals surface area contributed by atoms with Crippen LogP contribution in [0.4, 0.5) is 0 Å². The lowest BCUT2D eigenvalue weighted by molar-refractivity contribution is -0.122. The molecule has 6 heteroatoms. The first-order chi connectivity index (χ1) is 7.08. The highest BCUT2D eigenvalue weighted by molar-refractivity contribution is 5.79. The fourth-order valence-corrected chi connectivity index (χ4v) is 1.85. The summed E-state index contributed by atoms with van der Waals surface area (Å²) in [5.74, 6) is -0.872. The molecule has 1 heterocycles. The smallest absolute Gasteiger partial charge is 0.231 e. The minimum atomic E-state index is -0.436. The second-order valence-electron chi connectivity index (χ2n) is 3.90. The Labute approximate surface area is 89.0 Å². The van der Waals surface area contributed by atoms with Crippen LogP contribution < -0.4 is 16.8 Å². The third kappa shape index (κ3) is 4.75. The van der Waals surface area contributed by atoms with Gasteiger partial charge in [-0.05, 0) is 19.4 Å². The zero-order valence-electron chi connectivity index (χ0n) is 8.74. The molecule has 15 heavy (non-hydrogen) atoms. The van der Waals surface area contributed by atoms with E-state index in [1.807, 2.05) is 0 Å². The van der Waals surface area contributed by atoms with Crippen molar-refractivity contribution in [1.82, 2.24) is 10.2 Å². The number of carbonyl (C=O) groups is 2. The van der Waals surface area contributed by atoms with Crippen LogP contribution in [0.2, 0.25) is 0 Å². The molecule has 1 aliphatic rings. The predicted molar refractivity (Wildman–Crippen MR) is 55.9 cm³/mol. The molecule has 1 atom stereocenters. The topological polar surface area (TPSA) is 101 Å². The number of primary amides is 2. The fourth-order valence-electron chi connectivity index (χ4n) is 1.85. The lowest BCUT2D eigenvalue weighted by Crippen LogP contribution is -2.45. The second-order valence-corrected chi connectivity index (χ2v) is 3.90. The van der Waals surface area contributed by atoms with Crippen LogP contribution in [-0.2, 0) is 9.59 Å². The van der Waals surface area contributed by atoms with Crippen LogP contribution in [0.25, 0.3) is 0 Å². The van der Waals surface area contributed by atoms with E-state index in [2.05, 4.69) is 5.32 Å². The van der Waals surface area contributed by atoms with Crippen molar-refractivity contribution in [2.45, 2.75) is 18.9 Å². The second kappa shape index (κ2) is 5.67. The van der Waals surface area contributed by atoms with Crippen LogP contribution in [0.3, 0.4) is 0 Å². The summed E-state index contributed by atoms with van der Waals surface area (Å²) >= 11 is 0. The van der Waals surface area contributed by atoms with Gasteiger partial charge in [-0.25, -0.2) is 0 Å². The van der Waals surface area contributed by atoms with E-state index in [9.17, 15) is 9.59 Å². The summed E-state index contributed by atoms with van der Waals surface area (Å²) in [7, 11) is 0. The van der Waals surface area contributed by atoms with Crippen molar-refractivity contribution in [2.24, 2.45) is 11.5 Å². The monoisotopic (exact) mass is 214 g/mol. The Bertz CT molecular complexity index is 222. The van der Waals surface area contributed by atoms with E-state index >= 15 is 0 Å². The standard InChI is InChI=1S/C9H18N4O2/c10-8(14)5-13(6-9(11)15)4-7-2-1-3-12-7/h7,12H,1-6H2,(H2,10,14)(H2,11,15)/t7-/m0/s1. The zero-order chi connectivity index (χ0) is 11.3. The summed E-state index contributed by atoms with van der Waals surface area (Å²) in [6, 6.07) is 0.337. The maximum Gasteiger partial charge on any atom is 0.231 e. The number of rotatable bonds is 6. The summed E-state index contributed by atoms with van der Waals surface area (Å²) in [4.78, 5) is 23.2. The first-order valence-electron chi connectivity index (χ1n) is 5.10. The minimum Gasteiger partial charge on any atom is -0.369 e. The first-order valence-corrected chi connectivity index (χ1v) is 5.10. The van der Waals surface area contributed by atoms with Gasteiger partial charge >= 0.3 is 0 Å². The van der Waals surface area contributed by atoms with Gasteiger partial charge < -0.3 is 16.8 Å². The van der Waals surface area contributed by atoms with Crippen molar-refractivity contribution in [2.75, 3.05) is 26.2 Å². The van der Waals surface area contributed by atoms with Gasteiger partial charge in [0.1, 0.15) is 0 Å². The molecule has 1 fully saturated rings. The SMILES string of the molecule is NC(=O)CN(CC(N)=O)C[C@@H]1CCCN1. The van der Waals surface area contributed by atoms with Gasteiger partial charge in [0.25, 0.3) is 0 Å². The molecule has 0 saturated carbocycles. The Morgan fingerprint density at radius 1 is 1.27 bits per heavy atom. The Balaban J connectivity index is 2.39. The molecule has 1 saturated heterocycles. The molecule has 0 aliphatic carbocycles. The molecule has 5 N–H and O–H groups in total. The van der Waals surface area contributed by atoms with Gasteiger partial charge in [-0.1, -0.05) is 0 Å². The highest BCUT2D eigenvalue weighted by Gasteiger charge is 2.19. The number of nitrogens with zero attached hydrogens (tertiary/aromatic N) is 1. The van der Waals surface area contributed by atoms with E-state index in [1.165, 1.54) is 0 Å². The molecular weight excluding hydrogens is 196 g/mol. The molecule has 0 spiro atoms. The highest BCUT2D eigenvalue weighted by Crippen LogP contribution is 2.06. The molecule has 0 radical (unpaired) electrons. The van der Waals surface area contributed by atoms with Crippen LogP contribution in [-0.4, -0.2) is 48.9 Å². The normalized spacial score (nSPS) is 20.7. The summed E-state index contributed by atoms with van der Waals surface area (Å²) < 4.78 is 0. The lowest BCUT2D eigenvalue weighted by Gasteiger charge is -2.22. The van der Waals surface area contributed by atoms with E-state index in [1.54, 1.807) is 4.90 Å². The van der Waals surface area contributed by atoms with Crippen LogP contribution in [0.1, 0.15) is 12.8 Å². The van der Waals surface area contributed by atoms with Gasteiger partial charge in [0, 0.05) is 12.6 Å². The fraction of sp³-hybridized carbons (Fsp3) is 0.778. The third-order valence-corrected chi connectivity index (χ3v) is 2.40. The van der Waals surface area contributed by atoms with Crippen molar-refractivity contribution in [1.29, 1.82) is 0 Å². The summed E-state index contributed by atoms with van der Waals surface area (Å²) in [6.07, 6.45) is 2.19. The molecule has 0 aromatic carbocycles. The maximum atomic E-state index is 10.8. The van der Waals surface area contributed by atoms with Crippen LogP contribution in [0.5, 0.6) is 0 Å². The van der Waals surface area contributed by atoms with Crippen LogP contribution >= 0.6 is 0 Å². The van der Waals surface area contributed by atoms with Gasteiger partial charge in [0.05, 0.1) is 13.1 Å².